The van der Waals surface area contributed by atoms with Crippen LogP contribution in [0.2, 0.25) is 0 Å². The fourth-order valence-corrected chi connectivity index (χ4v) is 5.01. The van der Waals surface area contributed by atoms with Crippen molar-refractivity contribution < 1.29 is 18.7 Å². The van der Waals surface area contributed by atoms with Crippen molar-refractivity contribution in [2.24, 2.45) is 5.92 Å². The first kappa shape index (κ1) is 23.0. The van der Waals surface area contributed by atoms with Crippen LogP contribution in [-0.2, 0) is 15.9 Å². The van der Waals surface area contributed by atoms with Crippen LogP contribution in [0.1, 0.15) is 79.6 Å². The van der Waals surface area contributed by atoms with E-state index in [4.69, 9.17) is 13.9 Å². The minimum Gasteiger partial charge on any atom is -0.456 e. The molecular weight excluding hydrogens is 408 g/mol. The maximum absolute atomic E-state index is 12.6. The number of carbonyl (C=O) groups excluding carboxylic acids is 1. The first-order chi connectivity index (χ1) is 15.6. The monoisotopic (exact) mass is 444 g/mol. The number of aryl methyl sites for hydroxylation is 2. The van der Waals surface area contributed by atoms with Gasteiger partial charge in [0.1, 0.15) is 24.0 Å². The lowest BCUT2D eigenvalue weighted by Crippen LogP contribution is -2.44. The van der Waals surface area contributed by atoms with Gasteiger partial charge in [-0.3, -0.25) is 4.79 Å². The maximum atomic E-state index is 12.6. The molecule has 32 heavy (non-hydrogen) atoms. The lowest BCUT2D eigenvalue weighted by atomic mass is 9.86. The average Bonchev–Trinajstić information content (AvgIpc) is 3.58. The highest BCUT2D eigenvalue weighted by Gasteiger charge is 2.49. The quantitative estimate of drug-likeness (QED) is 0.755. The minimum absolute atomic E-state index is 0.0161. The van der Waals surface area contributed by atoms with Gasteiger partial charge in [0.2, 0.25) is 0 Å². The fourth-order valence-electron chi connectivity index (χ4n) is 5.01. The Hall–Kier alpha value is -2.19. The molecule has 1 amide bonds. The van der Waals surface area contributed by atoms with Crippen LogP contribution in [-0.4, -0.2) is 52.4 Å². The summed E-state index contributed by atoms with van der Waals surface area (Å²) in [5, 5.41) is 11.8. The molecule has 3 aliphatic rings. The zero-order valence-electron chi connectivity index (χ0n) is 19.7. The molecule has 3 fully saturated rings. The summed E-state index contributed by atoms with van der Waals surface area (Å²) in [7, 11) is 0. The molecule has 2 aromatic rings. The molecule has 4 heterocycles. The molecule has 8 nitrogen and oxygen atoms in total. The summed E-state index contributed by atoms with van der Waals surface area (Å²) < 4.78 is 19.5. The normalized spacial score (nSPS) is 27.6. The van der Waals surface area contributed by atoms with E-state index < -0.39 is 0 Å². The number of hydrogen-bond donors (Lipinski definition) is 1. The Labute approximate surface area is 190 Å². The largest absolute Gasteiger partial charge is 0.456 e. The van der Waals surface area contributed by atoms with E-state index in [1.807, 2.05) is 32.4 Å². The number of amides is 1. The molecule has 1 saturated carbocycles. The number of carbonyl (C=O) groups is 1. The van der Waals surface area contributed by atoms with Gasteiger partial charge in [0.25, 0.3) is 5.91 Å². The molecule has 2 saturated heterocycles. The van der Waals surface area contributed by atoms with Crippen LogP contribution in [0, 0.1) is 19.8 Å². The van der Waals surface area contributed by atoms with Gasteiger partial charge in [0, 0.05) is 6.20 Å². The third kappa shape index (κ3) is 4.76. The molecule has 8 heteroatoms. The van der Waals surface area contributed by atoms with Crippen molar-refractivity contribution in [1.82, 2.24) is 20.3 Å². The van der Waals surface area contributed by atoms with Crippen LogP contribution >= 0.6 is 0 Å². The van der Waals surface area contributed by atoms with Crippen LogP contribution in [0.3, 0.4) is 0 Å². The third-order valence-corrected chi connectivity index (χ3v) is 6.85. The van der Waals surface area contributed by atoms with Crippen molar-refractivity contribution in [1.29, 1.82) is 0 Å². The van der Waals surface area contributed by atoms with E-state index in [0.717, 1.165) is 29.4 Å². The Kier molecular flexibility index (Phi) is 7.30. The summed E-state index contributed by atoms with van der Waals surface area (Å²) in [5.41, 5.74) is 2.02. The molecule has 0 radical (unpaired) electrons. The summed E-state index contributed by atoms with van der Waals surface area (Å²) in [6.07, 6.45) is 9.33. The topological polar surface area (TPSA) is 91.4 Å². The average molecular weight is 445 g/mol. The second-order valence-electron chi connectivity index (χ2n) is 8.99. The predicted molar refractivity (Wildman–Crippen MR) is 120 cm³/mol. The van der Waals surface area contributed by atoms with E-state index in [-0.39, 0.29) is 30.2 Å². The first-order valence-electron chi connectivity index (χ1n) is 12.1. The van der Waals surface area contributed by atoms with Crippen molar-refractivity contribution >= 4 is 5.91 Å². The van der Waals surface area contributed by atoms with E-state index in [1.54, 1.807) is 6.07 Å². The molecule has 0 spiro atoms. The van der Waals surface area contributed by atoms with Gasteiger partial charge in [0.15, 0.2) is 5.76 Å². The summed E-state index contributed by atoms with van der Waals surface area (Å²) in [6, 6.07) is 1.54. The molecule has 5 rings (SSSR count). The lowest BCUT2D eigenvalue weighted by Gasteiger charge is -2.20. The number of ether oxygens (including phenoxy) is 2. The van der Waals surface area contributed by atoms with Crippen LogP contribution in [0.5, 0.6) is 0 Å². The van der Waals surface area contributed by atoms with E-state index >= 15 is 0 Å². The molecule has 4 atom stereocenters. The van der Waals surface area contributed by atoms with E-state index in [2.05, 4.69) is 21.8 Å². The standard InChI is InChI=1S/C22H30N4O4.C2H6/c1-13-8-19(30-14(13)2)22(27)23-17-11-28-21-18(12-29-20(17)21)26-10-16(24-25-26)9-15-6-4-3-5-7-15;1-2/h8,10,15,17-18,20-21H,3-7,9,11-12H2,1-2H3,(H,23,27);1-2H3. The van der Waals surface area contributed by atoms with Gasteiger partial charge in [-0.25, -0.2) is 4.68 Å². The highest BCUT2D eigenvalue weighted by Crippen LogP contribution is 2.34. The Morgan fingerprint density at radius 1 is 1.12 bits per heavy atom. The molecule has 4 unspecified atom stereocenters. The summed E-state index contributed by atoms with van der Waals surface area (Å²) in [4.78, 5) is 12.6. The van der Waals surface area contributed by atoms with Crippen LogP contribution in [0.4, 0.5) is 0 Å². The van der Waals surface area contributed by atoms with Gasteiger partial charge >= 0.3 is 0 Å². The number of hydrogen-bond acceptors (Lipinski definition) is 6. The summed E-state index contributed by atoms with van der Waals surface area (Å²) in [5.74, 6) is 1.58. The minimum atomic E-state index is -0.233. The highest BCUT2D eigenvalue weighted by molar-refractivity contribution is 5.92. The molecule has 2 aliphatic heterocycles. The lowest BCUT2D eigenvalue weighted by molar-refractivity contribution is 0.0612. The van der Waals surface area contributed by atoms with E-state index in [9.17, 15) is 4.79 Å². The summed E-state index contributed by atoms with van der Waals surface area (Å²) >= 11 is 0. The smallest absolute Gasteiger partial charge is 0.287 e. The first-order valence-corrected chi connectivity index (χ1v) is 12.1. The Morgan fingerprint density at radius 3 is 2.59 bits per heavy atom. The third-order valence-electron chi connectivity index (χ3n) is 6.85. The molecule has 0 aromatic carbocycles. The Bertz CT molecular complexity index is 882. The highest BCUT2D eigenvalue weighted by atomic mass is 16.6. The molecule has 176 valence electrons. The molecule has 2 aromatic heterocycles. The van der Waals surface area contributed by atoms with E-state index in [1.165, 1.54) is 32.1 Å². The second-order valence-corrected chi connectivity index (χ2v) is 8.99. The number of rotatable bonds is 5. The number of furan rings is 1. The van der Waals surface area contributed by atoms with Gasteiger partial charge in [-0.05, 0) is 37.8 Å². The van der Waals surface area contributed by atoms with Gasteiger partial charge in [-0.1, -0.05) is 51.2 Å². The van der Waals surface area contributed by atoms with Crippen LogP contribution in [0.25, 0.3) is 0 Å². The summed E-state index contributed by atoms with van der Waals surface area (Å²) in [6.45, 7) is 8.70. The number of nitrogens with one attached hydrogen (secondary N) is 1. The number of fused-ring (bicyclic) bond motifs is 1. The fraction of sp³-hybridized carbons (Fsp3) is 0.708. The second kappa shape index (κ2) is 10.2. The van der Waals surface area contributed by atoms with Crippen molar-refractivity contribution in [3.8, 4) is 0 Å². The van der Waals surface area contributed by atoms with Gasteiger partial charge in [-0.2, -0.15) is 0 Å². The number of aromatic nitrogens is 3. The zero-order valence-corrected chi connectivity index (χ0v) is 19.7. The predicted octanol–water partition coefficient (Wildman–Crippen LogP) is 3.77. The molecule has 0 bridgehead atoms. The van der Waals surface area contributed by atoms with Crippen LogP contribution < -0.4 is 5.32 Å². The van der Waals surface area contributed by atoms with Crippen LogP contribution in [0.15, 0.2) is 16.7 Å². The van der Waals surface area contributed by atoms with Crippen molar-refractivity contribution in [2.75, 3.05) is 13.2 Å². The molecular formula is C24H36N4O4. The van der Waals surface area contributed by atoms with Gasteiger partial charge < -0.3 is 19.2 Å². The van der Waals surface area contributed by atoms with Crippen molar-refractivity contribution in [2.45, 2.75) is 90.5 Å². The maximum Gasteiger partial charge on any atom is 0.287 e. The SMILES string of the molecule is CC.Cc1cc(C(=O)NC2COC3C2OCC3n2cc(CC3CCCCC3)nn2)oc1C. The molecule has 1 aliphatic carbocycles. The number of nitrogens with zero attached hydrogens (tertiary/aromatic N) is 3. The van der Waals surface area contributed by atoms with Gasteiger partial charge in [0.05, 0.1) is 24.9 Å². The van der Waals surface area contributed by atoms with Gasteiger partial charge in [-0.15, -0.1) is 5.10 Å². The van der Waals surface area contributed by atoms with Crippen molar-refractivity contribution in [3.63, 3.8) is 0 Å². The Balaban J connectivity index is 0.00000119. The molecule has 1 N–H and O–H groups in total. The van der Waals surface area contributed by atoms with Crippen molar-refractivity contribution in [3.05, 3.63) is 35.0 Å². The Morgan fingerprint density at radius 2 is 1.88 bits per heavy atom. The zero-order chi connectivity index (χ0) is 22.7. The van der Waals surface area contributed by atoms with E-state index in [0.29, 0.717) is 19.0 Å².